The van der Waals surface area contributed by atoms with Crippen LogP contribution in [0.5, 0.6) is 0 Å². The summed E-state index contributed by atoms with van der Waals surface area (Å²) in [5.74, 6) is 1.64. The van der Waals surface area contributed by atoms with Gasteiger partial charge in [0.25, 0.3) is 0 Å². The summed E-state index contributed by atoms with van der Waals surface area (Å²) in [6.45, 7) is 7.54. The van der Waals surface area contributed by atoms with E-state index < -0.39 is 0 Å². The zero-order chi connectivity index (χ0) is 13.2. The number of nitrogens with one attached hydrogen (secondary N) is 2. The van der Waals surface area contributed by atoms with Gasteiger partial charge in [-0.1, -0.05) is 33.1 Å². The van der Waals surface area contributed by atoms with Crippen molar-refractivity contribution >= 4 is 5.91 Å². The van der Waals surface area contributed by atoms with Crippen LogP contribution in [-0.2, 0) is 4.79 Å². The molecule has 3 heteroatoms. The van der Waals surface area contributed by atoms with Gasteiger partial charge in [0.05, 0.1) is 0 Å². The molecule has 0 bridgehead atoms. The van der Waals surface area contributed by atoms with Gasteiger partial charge in [0, 0.05) is 13.0 Å². The van der Waals surface area contributed by atoms with Crippen LogP contribution < -0.4 is 10.6 Å². The maximum Gasteiger partial charge on any atom is 0.220 e. The van der Waals surface area contributed by atoms with Gasteiger partial charge in [-0.15, -0.1) is 0 Å². The average Bonchev–Trinajstić information content (AvgIpc) is 2.89. The second-order valence-electron chi connectivity index (χ2n) is 5.62. The minimum Gasteiger partial charge on any atom is -0.356 e. The zero-order valence-corrected chi connectivity index (χ0v) is 12.1. The fourth-order valence-corrected chi connectivity index (χ4v) is 2.59. The van der Waals surface area contributed by atoms with E-state index in [0.717, 1.165) is 32.0 Å². The van der Waals surface area contributed by atoms with Crippen LogP contribution in [0.15, 0.2) is 0 Å². The maximum absolute atomic E-state index is 11.8. The molecule has 1 heterocycles. The van der Waals surface area contributed by atoms with Gasteiger partial charge < -0.3 is 10.6 Å². The predicted molar refractivity (Wildman–Crippen MR) is 76.5 cm³/mol. The summed E-state index contributed by atoms with van der Waals surface area (Å²) in [6, 6.07) is 0. The molecule has 0 aliphatic carbocycles. The molecule has 2 unspecified atom stereocenters. The Labute approximate surface area is 112 Å². The van der Waals surface area contributed by atoms with Crippen LogP contribution in [0.2, 0.25) is 0 Å². The van der Waals surface area contributed by atoms with Gasteiger partial charge in [-0.3, -0.25) is 4.79 Å². The smallest absolute Gasteiger partial charge is 0.220 e. The van der Waals surface area contributed by atoms with Gasteiger partial charge in [-0.2, -0.15) is 0 Å². The van der Waals surface area contributed by atoms with E-state index in [1.54, 1.807) is 0 Å². The number of unbranched alkanes of at least 4 members (excludes halogenated alkanes) is 1. The summed E-state index contributed by atoms with van der Waals surface area (Å²) in [4.78, 5) is 11.8. The van der Waals surface area contributed by atoms with Gasteiger partial charge in [0.2, 0.25) is 5.91 Å². The molecule has 1 aliphatic rings. The number of amides is 1. The third-order valence-corrected chi connectivity index (χ3v) is 4.07. The van der Waals surface area contributed by atoms with Crippen LogP contribution in [0.3, 0.4) is 0 Å². The summed E-state index contributed by atoms with van der Waals surface area (Å²) in [5, 5.41) is 6.45. The average molecular weight is 254 g/mol. The van der Waals surface area contributed by atoms with E-state index in [2.05, 4.69) is 24.5 Å². The van der Waals surface area contributed by atoms with Crippen molar-refractivity contribution in [3.63, 3.8) is 0 Å². The van der Waals surface area contributed by atoms with Crippen molar-refractivity contribution in [3.05, 3.63) is 0 Å². The molecule has 0 aromatic heterocycles. The first-order valence-electron chi connectivity index (χ1n) is 7.73. The van der Waals surface area contributed by atoms with Crippen molar-refractivity contribution in [2.24, 2.45) is 11.8 Å². The fraction of sp³-hybridized carbons (Fsp3) is 0.933. The van der Waals surface area contributed by atoms with E-state index in [-0.39, 0.29) is 5.91 Å². The molecule has 1 rings (SSSR count). The lowest BCUT2D eigenvalue weighted by molar-refractivity contribution is -0.121. The van der Waals surface area contributed by atoms with E-state index in [4.69, 9.17) is 0 Å². The minimum absolute atomic E-state index is 0.247. The Bertz CT molecular complexity index is 225. The normalized spacial score (nSPS) is 20.9. The topological polar surface area (TPSA) is 41.1 Å². The van der Waals surface area contributed by atoms with Crippen molar-refractivity contribution in [2.45, 2.75) is 58.8 Å². The van der Waals surface area contributed by atoms with Crippen LogP contribution in [0.1, 0.15) is 58.8 Å². The van der Waals surface area contributed by atoms with Gasteiger partial charge >= 0.3 is 0 Å². The molecule has 2 atom stereocenters. The van der Waals surface area contributed by atoms with Crippen LogP contribution >= 0.6 is 0 Å². The first kappa shape index (κ1) is 15.5. The molecule has 18 heavy (non-hydrogen) atoms. The summed E-state index contributed by atoms with van der Waals surface area (Å²) in [5.41, 5.74) is 0. The van der Waals surface area contributed by atoms with Gasteiger partial charge in [-0.25, -0.2) is 0 Å². The second kappa shape index (κ2) is 9.37. The van der Waals surface area contributed by atoms with Crippen molar-refractivity contribution in [2.75, 3.05) is 19.6 Å². The van der Waals surface area contributed by atoms with E-state index in [9.17, 15) is 4.79 Å². The van der Waals surface area contributed by atoms with E-state index >= 15 is 0 Å². The number of carbonyl (C=O) groups is 1. The van der Waals surface area contributed by atoms with Crippen molar-refractivity contribution < 1.29 is 4.79 Å². The molecule has 0 aromatic rings. The molecule has 1 amide bonds. The maximum atomic E-state index is 11.8. The molecule has 1 aliphatic heterocycles. The van der Waals surface area contributed by atoms with Crippen LogP contribution in [0, 0.1) is 11.8 Å². The van der Waals surface area contributed by atoms with Gasteiger partial charge in [-0.05, 0) is 44.2 Å². The Hall–Kier alpha value is -0.570. The number of rotatable bonds is 9. The third kappa shape index (κ3) is 6.39. The summed E-state index contributed by atoms with van der Waals surface area (Å²) in [7, 11) is 0. The lowest BCUT2D eigenvalue weighted by atomic mass is 9.99. The van der Waals surface area contributed by atoms with Gasteiger partial charge in [0.1, 0.15) is 0 Å². The minimum atomic E-state index is 0.247. The molecule has 0 aromatic carbocycles. The second-order valence-corrected chi connectivity index (χ2v) is 5.62. The monoisotopic (exact) mass is 254 g/mol. The molecular formula is C15H30N2O. The number of hydrogen-bond donors (Lipinski definition) is 2. The Balaban J connectivity index is 2.06. The quantitative estimate of drug-likeness (QED) is 0.664. The molecule has 1 fully saturated rings. The molecular weight excluding hydrogens is 224 g/mol. The van der Waals surface area contributed by atoms with Crippen LogP contribution in [0.4, 0.5) is 0 Å². The third-order valence-electron chi connectivity index (χ3n) is 4.07. The predicted octanol–water partition coefficient (Wildman–Crippen LogP) is 2.71. The van der Waals surface area contributed by atoms with Crippen molar-refractivity contribution in [1.82, 2.24) is 10.6 Å². The van der Waals surface area contributed by atoms with E-state index in [0.29, 0.717) is 12.3 Å². The van der Waals surface area contributed by atoms with E-state index in [1.165, 1.54) is 32.1 Å². The van der Waals surface area contributed by atoms with Crippen LogP contribution in [0.25, 0.3) is 0 Å². The van der Waals surface area contributed by atoms with E-state index in [1.807, 2.05) is 0 Å². The Kier molecular flexibility index (Phi) is 8.06. The highest BCUT2D eigenvalue weighted by Gasteiger charge is 2.16. The van der Waals surface area contributed by atoms with Gasteiger partial charge in [0.15, 0.2) is 0 Å². The van der Waals surface area contributed by atoms with Crippen molar-refractivity contribution in [1.29, 1.82) is 0 Å². The van der Waals surface area contributed by atoms with Crippen LogP contribution in [-0.4, -0.2) is 25.5 Å². The number of hydrogen-bond acceptors (Lipinski definition) is 2. The molecule has 0 saturated carbocycles. The highest BCUT2D eigenvalue weighted by Crippen LogP contribution is 2.14. The Morgan fingerprint density at radius 2 is 2.28 bits per heavy atom. The summed E-state index contributed by atoms with van der Waals surface area (Å²) < 4.78 is 0. The number of carbonyl (C=O) groups excluding carboxylic acids is 1. The Morgan fingerprint density at radius 1 is 1.44 bits per heavy atom. The largest absolute Gasteiger partial charge is 0.356 e. The lowest BCUT2D eigenvalue weighted by Crippen LogP contribution is -2.29. The fourth-order valence-electron chi connectivity index (χ4n) is 2.59. The highest BCUT2D eigenvalue weighted by molar-refractivity contribution is 5.75. The molecule has 0 spiro atoms. The lowest BCUT2D eigenvalue weighted by Gasteiger charge is -2.15. The standard InChI is InChI=1S/C15H30N2O/c1-3-5-6-13(4-2)12-17-15(18)8-7-14-9-10-16-11-14/h13-14,16H,3-12H2,1-2H3,(H,17,18). The first-order chi connectivity index (χ1) is 8.76. The highest BCUT2D eigenvalue weighted by atomic mass is 16.1. The molecule has 0 radical (unpaired) electrons. The van der Waals surface area contributed by atoms with Crippen molar-refractivity contribution in [3.8, 4) is 0 Å². The molecule has 2 N–H and O–H groups in total. The summed E-state index contributed by atoms with van der Waals surface area (Å²) in [6.07, 6.45) is 7.94. The SMILES string of the molecule is CCCCC(CC)CNC(=O)CCC1CCNC1. The molecule has 106 valence electrons. The molecule has 1 saturated heterocycles. The zero-order valence-electron chi connectivity index (χ0n) is 12.1. The summed E-state index contributed by atoms with van der Waals surface area (Å²) >= 11 is 0. The first-order valence-corrected chi connectivity index (χ1v) is 7.73. The molecule has 3 nitrogen and oxygen atoms in total. The Morgan fingerprint density at radius 3 is 2.89 bits per heavy atom.